The van der Waals surface area contributed by atoms with Gasteiger partial charge in [-0.2, -0.15) is 0 Å². The van der Waals surface area contributed by atoms with E-state index in [0.717, 1.165) is 63.7 Å². The zero-order chi connectivity index (χ0) is 18.4. The number of nitrogens with zero attached hydrogens (tertiary/aromatic N) is 3. The van der Waals surface area contributed by atoms with Crippen LogP contribution in [0.5, 0.6) is 0 Å². The first-order valence-electron chi connectivity index (χ1n) is 10.6. The van der Waals surface area contributed by atoms with Crippen LogP contribution in [0.15, 0.2) is 6.33 Å². The standard InChI is InChI=1S/C20H29N5O2/c26-18(14-3-1-4-14)25-10-6-15-17(23-13-22-15)20(25)7-11-24(12-8-20)19(27)16-5-2-9-21-16/h13-14,16,21H,1-12H2,(H,22,23). The molecule has 3 aliphatic heterocycles. The van der Waals surface area contributed by atoms with Gasteiger partial charge in [-0.15, -0.1) is 0 Å². The average molecular weight is 371 g/mol. The van der Waals surface area contributed by atoms with Crippen molar-refractivity contribution < 1.29 is 9.59 Å². The summed E-state index contributed by atoms with van der Waals surface area (Å²) in [5.41, 5.74) is 1.89. The fraction of sp³-hybridized carbons (Fsp3) is 0.750. The van der Waals surface area contributed by atoms with Crippen LogP contribution in [0.3, 0.4) is 0 Å². The molecular formula is C20H29N5O2. The van der Waals surface area contributed by atoms with E-state index in [4.69, 9.17) is 0 Å². The molecule has 1 unspecified atom stereocenters. The number of aromatic amines is 1. The van der Waals surface area contributed by atoms with Crippen molar-refractivity contribution in [3.63, 3.8) is 0 Å². The predicted octanol–water partition coefficient (Wildman–Crippen LogP) is 1.16. The van der Waals surface area contributed by atoms with Crippen LogP contribution in [-0.4, -0.2) is 63.8 Å². The van der Waals surface area contributed by atoms with Gasteiger partial charge in [0.1, 0.15) is 0 Å². The molecule has 7 heteroatoms. The van der Waals surface area contributed by atoms with Crippen LogP contribution < -0.4 is 5.32 Å². The molecule has 1 aliphatic carbocycles. The number of imidazole rings is 1. The molecule has 1 spiro atoms. The third kappa shape index (κ3) is 2.70. The Morgan fingerprint density at radius 2 is 1.89 bits per heavy atom. The van der Waals surface area contributed by atoms with Gasteiger partial charge in [0.05, 0.1) is 23.6 Å². The minimum absolute atomic E-state index is 0.0148. The van der Waals surface area contributed by atoms with E-state index < -0.39 is 0 Å². The van der Waals surface area contributed by atoms with Gasteiger partial charge in [0.2, 0.25) is 11.8 Å². The molecule has 7 nitrogen and oxygen atoms in total. The normalized spacial score (nSPS) is 27.5. The second kappa shape index (κ2) is 6.62. The number of likely N-dealkylation sites (tertiary alicyclic amines) is 1. The monoisotopic (exact) mass is 371 g/mol. The van der Waals surface area contributed by atoms with Crippen LogP contribution in [0.25, 0.3) is 0 Å². The number of amides is 2. The summed E-state index contributed by atoms with van der Waals surface area (Å²) in [5, 5.41) is 3.32. The number of rotatable bonds is 2. The van der Waals surface area contributed by atoms with Crippen molar-refractivity contribution in [2.24, 2.45) is 5.92 Å². The summed E-state index contributed by atoms with van der Waals surface area (Å²) in [4.78, 5) is 38.1. The fourth-order valence-electron chi connectivity index (χ4n) is 5.39. The summed E-state index contributed by atoms with van der Waals surface area (Å²) >= 11 is 0. The van der Waals surface area contributed by atoms with Gasteiger partial charge in [0, 0.05) is 37.7 Å². The Morgan fingerprint density at radius 1 is 1.07 bits per heavy atom. The minimum atomic E-state index is -0.333. The number of hydrogen-bond donors (Lipinski definition) is 2. The maximum atomic E-state index is 13.2. The molecule has 1 saturated carbocycles. The second-order valence-electron chi connectivity index (χ2n) is 8.60. The second-order valence-corrected chi connectivity index (χ2v) is 8.60. The lowest BCUT2D eigenvalue weighted by molar-refractivity contribution is -0.151. The highest BCUT2D eigenvalue weighted by Crippen LogP contribution is 2.44. The minimum Gasteiger partial charge on any atom is -0.348 e. The number of nitrogens with one attached hydrogen (secondary N) is 2. The molecule has 4 aliphatic rings. The Bertz CT molecular complexity index is 726. The van der Waals surface area contributed by atoms with Crippen LogP contribution >= 0.6 is 0 Å². The van der Waals surface area contributed by atoms with Gasteiger partial charge < -0.3 is 20.1 Å². The van der Waals surface area contributed by atoms with E-state index in [1.54, 1.807) is 6.33 Å². The van der Waals surface area contributed by atoms with E-state index >= 15 is 0 Å². The number of piperidine rings is 1. The summed E-state index contributed by atoms with van der Waals surface area (Å²) in [6, 6.07) is -0.0148. The molecule has 1 aromatic heterocycles. The van der Waals surface area contributed by atoms with Crippen molar-refractivity contribution in [1.82, 2.24) is 25.1 Å². The maximum Gasteiger partial charge on any atom is 0.239 e. The van der Waals surface area contributed by atoms with Crippen LogP contribution in [-0.2, 0) is 21.5 Å². The van der Waals surface area contributed by atoms with Gasteiger partial charge in [-0.1, -0.05) is 6.42 Å². The van der Waals surface area contributed by atoms with E-state index in [9.17, 15) is 9.59 Å². The molecular weight excluding hydrogens is 342 g/mol. The molecule has 4 heterocycles. The smallest absolute Gasteiger partial charge is 0.239 e. The average Bonchev–Trinajstić information content (AvgIpc) is 3.33. The molecule has 0 bridgehead atoms. The van der Waals surface area contributed by atoms with Crippen LogP contribution in [0.1, 0.15) is 56.3 Å². The molecule has 0 aromatic carbocycles. The van der Waals surface area contributed by atoms with Crippen molar-refractivity contribution in [1.29, 1.82) is 0 Å². The Morgan fingerprint density at radius 3 is 2.56 bits per heavy atom. The fourth-order valence-corrected chi connectivity index (χ4v) is 5.39. The zero-order valence-electron chi connectivity index (χ0n) is 15.9. The van der Waals surface area contributed by atoms with E-state index in [1.165, 1.54) is 12.1 Å². The van der Waals surface area contributed by atoms with Gasteiger partial charge >= 0.3 is 0 Å². The summed E-state index contributed by atoms with van der Waals surface area (Å²) < 4.78 is 0. The molecule has 27 heavy (non-hydrogen) atoms. The Labute approximate surface area is 159 Å². The molecule has 2 saturated heterocycles. The van der Waals surface area contributed by atoms with Crippen LogP contribution in [0.4, 0.5) is 0 Å². The van der Waals surface area contributed by atoms with E-state index in [2.05, 4.69) is 20.2 Å². The first-order valence-corrected chi connectivity index (χ1v) is 10.6. The Hall–Kier alpha value is -1.89. The lowest BCUT2D eigenvalue weighted by atomic mass is 9.76. The number of carbonyl (C=O) groups is 2. The molecule has 1 aromatic rings. The van der Waals surface area contributed by atoms with Gasteiger partial charge in [-0.3, -0.25) is 9.59 Å². The summed E-state index contributed by atoms with van der Waals surface area (Å²) in [7, 11) is 0. The van der Waals surface area contributed by atoms with Gasteiger partial charge in [-0.25, -0.2) is 4.98 Å². The number of fused-ring (bicyclic) bond motifs is 2. The summed E-state index contributed by atoms with van der Waals surface area (Å²) in [5.74, 6) is 0.745. The van der Waals surface area contributed by atoms with Crippen molar-refractivity contribution in [3.05, 3.63) is 17.7 Å². The van der Waals surface area contributed by atoms with Gasteiger partial charge in [-0.05, 0) is 45.1 Å². The van der Waals surface area contributed by atoms with Crippen LogP contribution in [0, 0.1) is 5.92 Å². The third-order valence-electron chi connectivity index (χ3n) is 7.24. The molecule has 2 N–H and O–H groups in total. The summed E-state index contributed by atoms with van der Waals surface area (Å²) in [6.07, 6.45) is 9.44. The quantitative estimate of drug-likeness (QED) is 0.818. The van der Waals surface area contributed by atoms with Crippen molar-refractivity contribution in [2.45, 2.75) is 62.9 Å². The number of H-pyrrole nitrogens is 1. The van der Waals surface area contributed by atoms with Gasteiger partial charge in [0.25, 0.3) is 0 Å². The maximum absolute atomic E-state index is 13.2. The van der Waals surface area contributed by atoms with E-state index in [0.29, 0.717) is 19.0 Å². The lowest BCUT2D eigenvalue weighted by Crippen LogP contribution is -2.61. The van der Waals surface area contributed by atoms with Crippen molar-refractivity contribution in [3.8, 4) is 0 Å². The van der Waals surface area contributed by atoms with Gasteiger partial charge in [0.15, 0.2) is 0 Å². The largest absolute Gasteiger partial charge is 0.348 e. The van der Waals surface area contributed by atoms with Crippen molar-refractivity contribution >= 4 is 11.8 Å². The zero-order valence-corrected chi connectivity index (χ0v) is 15.9. The highest BCUT2D eigenvalue weighted by atomic mass is 16.2. The number of aromatic nitrogens is 2. The first-order chi connectivity index (χ1) is 13.2. The Balaban J connectivity index is 1.38. The topological polar surface area (TPSA) is 81.3 Å². The first kappa shape index (κ1) is 17.2. The third-order valence-corrected chi connectivity index (χ3v) is 7.24. The molecule has 146 valence electrons. The Kier molecular flexibility index (Phi) is 4.22. The van der Waals surface area contributed by atoms with Crippen LogP contribution in [0.2, 0.25) is 0 Å². The number of hydrogen-bond acceptors (Lipinski definition) is 4. The van der Waals surface area contributed by atoms with Crippen molar-refractivity contribution in [2.75, 3.05) is 26.2 Å². The SMILES string of the molecule is O=C(C1CCCN1)N1CCC2(CC1)c1nc[nH]c1CCN2C(=O)C1CCC1. The molecule has 1 atom stereocenters. The summed E-state index contributed by atoms with van der Waals surface area (Å²) in [6.45, 7) is 3.12. The highest BCUT2D eigenvalue weighted by molar-refractivity contribution is 5.83. The highest BCUT2D eigenvalue weighted by Gasteiger charge is 2.50. The van der Waals surface area contributed by atoms with E-state index in [-0.39, 0.29) is 23.4 Å². The number of carbonyl (C=O) groups excluding carboxylic acids is 2. The molecule has 0 radical (unpaired) electrons. The lowest BCUT2D eigenvalue weighted by Gasteiger charge is -2.52. The molecule has 2 amide bonds. The van der Waals surface area contributed by atoms with E-state index in [1.807, 2.05) is 4.90 Å². The predicted molar refractivity (Wildman–Crippen MR) is 99.9 cm³/mol. The molecule has 5 rings (SSSR count). The molecule has 3 fully saturated rings.